The van der Waals surface area contributed by atoms with E-state index in [1.807, 2.05) is 0 Å². The summed E-state index contributed by atoms with van der Waals surface area (Å²) in [5.74, 6) is 0.553. The molecular formula is C68H61N. The van der Waals surface area contributed by atoms with E-state index < -0.39 is 0 Å². The molecule has 9 aromatic carbocycles. The lowest BCUT2D eigenvalue weighted by Crippen LogP contribution is -2.19. The molecule has 1 fully saturated rings. The van der Waals surface area contributed by atoms with E-state index in [2.05, 4.69) is 218 Å². The molecule has 9 aromatic rings. The summed E-state index contributed by atoms with van der Waals surface area (Å²) in [6, 6.07) is 62.0. The van der Waals surface area contributed by atoms with Crippen LogP contribution in [0.25, 0.3) is 66.1 Å². The van der Waals surface area contributed by atoms with E-state index >= 15 is 0 Å². The molecule has 0 amide bonds. The average molecular weight is 892 g/mol. The highest BCUT2D eigenvalue weighted by Crippen LogP contribution is 2.60. The van der Waals surface area contributed by atoms with Crippen molar-refractivity contribution in [1.82, 2.24) is 0 Å². The molecule has 0 N–H and O–H groups in total. The number of benzene rings is 9. The fourth-order valence-corrected chi connectivity index (χ4v) is 14.6. The van der Waals surface area contributed by atoms with Gasteiger partial charge in [-0.2, -0.15) is 0 Å². The summed E-state index contributed by atoms with van der Waals surface area (Å²) >= 11 is 0. The highest BCUT2D eigenvalue weighted by Gasteiger charge is 2.45. The Morgan fingerprint density at radius 1 is 0.348 bits per heavy atom. The van der Waals surface area contributed by atoms with Gasteiger partial charge >= 0.3 is 0 Å². The Hall–Kier alpha value is -6.70. The number of nitrogens with zero attached hydrogens (tertiary/aromatic N) is 1. The first-order chi connectivity index (χ1) is 33.2. The zero-order valence-electron chi connectivity index (χ0n) is 41.6. The van der Waals surface area contributed by atoms with Crippen molar-refractivity contribution in [2.24, 2.45) is 0 Å². The zero-order chi connectivity index (χ0) is 46.9. The lowest BCUT2D eigenvalue weighted by atomic mass is 9.79. The molecule has 5 aliphatic carbocycles. The average Bonchev–Trinajstić information content (AvgIpc) is 3.92. The summed E-state index contributed by atoms with van der Waals surface area (Å²) < 4.78 is 0. The maximum Gasteiger partial charge on any atom is 0.0496 e. The summed E-state index contributed by atoms with van der Waals surface area (Å²) in [6.07, 6.45) is 6.45. The molecule has 1 nitrogen and oxygen atoms in total. The minimum Gasteiger partial charge on any atom is -0.310 e. The lowest BCUT2D eigenvalue weighted by Gasteiger charge is -2.33. The molecule has 0 aliphatic heterocycles. The Labute approximate surface area is 408 Å². The Morgan fingerprint density at radius 3 is 1.26 bits per heavy atom. The fourth-order valence-electron chi connectivity index (χ4n) is 14.6. The molecule has 0 spiro atoms. The van der Waals surface area contributed by atoms with E-state index in [0.29, 0.717) is 5.92 Å². The standard InChI is InChI=1S/C68H61N/c1-65(2)54-32-26-41-20-12-14-23-46(41)63(54)52-38-58-50(36-60(52)65)48-30-28-43(34-56(48)67(58,5)6)69(62-25-17-16-22-45(62)40-18-10-9-11-19-40)44-29-31-49-51-37-61-53(39-59(51)68(7,8)57(49)35-44)64-47-24-15-13-21-42(47)27-33-55(64)66(61,3)4/h12-17,20-40H,9-11,18-19H2,1-8H3. The molecule has 0 saturated heterocycles. The largest absolute Gasteiger partial charge is 0.310 e. The van der Waals surface area contributed by atoms with E-state index in [1.165, 1.54) is 165 Å². The van der Waals surface area contributed by atoms with Crippen molar-refractivity contribution in [1.29, 1.82) is 0 Å². The van der Waals surface area contributed by atoms with Crippen LogP contribution in [0.5, 0.6) is 0 Å². The van der Waals surface area contributed by atoms with Gasteiger partial charge in [-0.1, -0.05) is 178 Å². The highest BCUT2D eigenvalue weighted by atomic mass is 15.1. The van der Waals surface area contributed by atoms with Gasteiger partial charge in [0.1, 0.15) is 0 Å². The van der Waals surface area contributed by atoms with E-state index in [4.69, 9.17) is 0 Å². The van der Waals surface area contributed by atoms with Gasteiger partial charge in [-0.05, 0) is 189 Å². The lowest BCUT2D eigenvalue weighted by molar-refractivity contribution is 0.444. The Kier molecular flexibility index (Phi) is 8.36. The Bertz CT molecular complexity index is 3500. The molecule has 0 atom stereocenters. The van der Waals surface area contributed by atoms with E-state index in [0.717, 1.165) is 0 Å². The molecule has 0 heterocycles. The predicted octanol–water partition coefficient (Wildman–Crippen LogP) is 18.7. The van der Waals surface area contributed by atoms with Crippen LogP contribution < -0.4 is 4.90 Å². The van der Waals surface area contributed by atoms with Crippen molar-refractivity contribution in [3.8, 4) is 44.5 Å². The Morgan fingerprint density at radius 2 is 0.754 bits per heavy atom. The van der Waals surface area contributed by atoms with Crippen LogP contribution in [-0.4, -0.2) is 0 Å². The van der Waals surface area contributed by atoms with Crippen molar-refractivity contribution in [3.63, 3.8) is 0 Å². The van der Waals surface area contributed by atoms with Crippen LogP contribution in [0.15, 0.2) is 158 Å². The van der Waals surface area contributed by atoms with Crippen LogP contribution in [0.3, 0.4) is 0 Å². The quantitative estimate of drug-likeness (QED) is 0.170. The summed E-state index contributed by atoms with van der Waals surface area (Å²) in [5.41, 5.74) is 27.3. The second kappa shape index (κ2) is 14.0. The Balaban J connectivity index is 0.927. The number of hydrogen-bond donors (Lipinski definition) is 0. The van der Waals surface area contributed by atoms with Gasteiger partial charge in [-0.15, -0.1) is 0 Å². The molecule has 5 aliphatic rings. The molecule has 1 heteroatoms. The molecule has 0 unspecified atom stereocenters. The zero-order valence-corrected chi connectivity index (χ0v) is 41.6. The molecule has 69 heavy (non-hydrogen) atoms. The van der Waals surface area contributed by atoms with Crippen molar-refractivity contribution < 1.29 is 0 Å². The first-order valence-electron chi connectivity index (χ1n) is 25.9. The van der Waals surface area contributed by atoms with E-state index in [1.54, 1.807) is 0 Å². The first kappa shape index (κ1) is 41.3. The molecule has 1 saturated carbocycles. The summed E-state index contributed by atoms with van der Waals surface area (Å²) in [4.78, 5) is 2.64. The predicted molar refractivity (Wildman–Crippen MR) is 292 cm³/mol. The highest BCUT2D eigenvalue weighted by molar-refractivity contribution is 6.05. The molecule has 0 bridgehead atoms. The smallest absolute Gasteiger partial charge is 0.0496 e. The van der Waals surface area contributed by atoms with Crippen LogP contribution in [0.1, 0.15) is 143 Å². The molecule has 0 radical (unpaired) electrons. The van der Waals surface area contributed by atoms with Crippen LogP contribution in [0, 0.1) is 0 Å². The van der Waals surface area contributed by atoms with Gasteiger partial charge < -0.3 is 4.90 Å². The third-order valence-electron chi connectivity index (χ3n) is 18.4. The molecule has 14 rings (SSSR count). The van der Waals surface area contributed by atoms with Gasteiger partial charge in [0.15, 0.2) is 0 Å². The van der Waals surface area contributed by atoms with Gasteiger partial charge in [0.2, 0.25) is 0 Å². The first-order valence-corrected chi connectivity index (χ1v) is 25.9. The monoisotopic (exact) mass is 891 g/mol. The maximum absolute atomic E-state index is 2.64. The summed E-state index contributed by atoms with van der Waals surface area (Å²) in [7, 11) is 0. The van der Waals surface area contributed by atoms with Gasteiger partial charge in [0.25, 0.3) is 0 Å². The number of hydrogen-bond acceptors (Lipinski definition) is 1. The van der Waals surface area contributed by atoms with Crippen molar-refractivity contribution in [2.45, 2.75) is 115 Å². The third-order valence-corrected chi connectivity index (χ3v) is 18.4. The van der Waals surface area contributed by atoms with Gasteiger partial charge in [0.05, 0.1) is 0 Å². The summed E-state index contributed by atoms with van der Waals surface area (Å²) in [6.45, 7) is 19.6. The second-order valence-electron chi connectivity index (χ2n) is 23.5. The van der Waals surface area contributed by atoms with Crippen LogP contribution in [0.2, 0.25) is 0 Å². The fraction of sp³-hybridized carbons (Fsp3) is 0.265. The van der Waals surface area contributed by atoms with Gasteiger partial charge in [-0.3, -0.25) is 0 Å². The molecular weight excluding hydrogens is 831 g/mol. The van der Waals surface area contributed by atoms with E-state index in [9.17, 15) is 0 Å². The second-order valence-corrected chi connectivity index (χ2v) is 23.5. The third kappa shape index (κ3) is 5.48. The summed E-state index contributed by atoms with van der Waals surface area (Å²) in [5, 5.41) is 5.34. The van der Waals surface area contributed by atoms with Gasteiger partial charge in [-0.25, -0.2) is 0 Å². The number of fused-ring (bicyclic) bond motifs is 16. The number of rotatable bonds is 4. The van der Waals surface area contributed by atoms with Crippen molar-refractivity contribution >= 4 is 38.6 Å². The van der Waals surface area contributed by atoms with Crippen LogP contribution in [-0.2, 0) is 21.7 Å². The van der Waals surface area contributed by atoms with E-state index in [-0.39, 0.29) is 21.7 Å². The van der Waals surface area contributed by atoms with Crippen LogP contribution in [0.4, 0.5) is 17.1 Å². The van der Waals surface area contributed by atoms with Gasteiger partial charge in [0, 0.05) is 38.7 Å². The van der Waals surface area contributed by atoms with Crippen molar-refractivity contribution in [3.05, 3.63) is 208 Å². The minimum absolute atomic E-state index is 0.0909. The topological polar surface area (TPSA) is 3.24 Å². The SMILES string of the molecule is CC1(C)c2cc(N(c3ccc4c(c3)C(C)(C)c3cc5c(cc3-4)C(C)(C)c3ccc4ccccc4c3-5)c3ccccc3C3CCCCC3)ccc2-c2cc3c(cc21)-c1c(ccc2ccccc12)C3(C)C. The molecule has 0 aromatic heterocycles. The number of para-hydroxylation sites is 1. The molecule has 338 valence electrons. The van der Waals surface area contributed by atoms with Crippen LogP contribution >= 0.6 is 0 Å². The normalized spacial score (nSPS) is 18.0. The minimum atomic E-state index is -0.193. The van der Waals surface area contributed by atoms with Crippen molar-refractivity contribution in [2.75, 3.05) is 4.90 Å². The number of anilines is 3. The maximum atomic E-state index is 2.64.